The summed E-state index contributed by atoms with van der Waals surface area (Å²) in [4.78, 5) is 36.4. The Labute approximate surface area is 223 Å². The smallest absolute Gasteiger partial charge is 0.407 e. The van der Waals surface area contributed by atoms with Crippen molar-refractivity contribution in [2.45, 2.75) is 77.7 Å². The largest absolute Gasteiger partial charge is 0.444 e. The van der Waals surface area contributed by atoms with Gasteiger partial charge in [-0.15, -0.1) is 0 Å². The molecular formula is C28H37N7O3. The van der Waals surface area contributed by atoms with Crippen molar-refractivity contribution in [1.82, 2.24) is 20.3 Å². The molecule has 0 aliphatic carbocycles. The molecule has 2 saturated heterocycles. The molecule has 2 atom stereocenters. The maximum absolute atomic E-state index is 12.6. The van der Waals surface area contributed by atoms with Crippen molar-refractivity contribution in [1.29, 1.82) is 0 Å². The van der Waals surface area contributed by atoms with Gasteiger partial charge in [-0.05, 0) is 65.5 Å². The molecule has 38 heavy (non-hydrogen) atoms. The number of anilines is 2. The monoisotopic (exact) mass is 519 g/mol. The van der Waals surface area contributed by atoms with Crippen LogP contribution in [-0.4, -0.2) is 70.9 Å². The number of aliphatic imine (C=N–C) groups is 1. The second kappa shape index (κ2) is 9.48. The quantitative estimate of drug-likeness (QED) is 0.643. The van der Waals surface area contributed by atoms with Crippen LogP contribution in [0.4, 0.5) is 16.3 Å². The Bertz CT molecular complexity index is 1250. The zero-order valence-electron chi connectivity index (χ0n) is 22.7. The summed E-state index contributed by atoms with van der Waals surface area (Å²) in [6.07, 6.45) is 7.14. The number of piperidine rings is 1. The number of hydrogen-bond donors (Lipinski definition) is 1. The summed E-state index contributed by atoms with van der Waals surface area (Å²) in [7, 11) is 0. The minimum Gasteiger partial charge on any atom is -0.444 e. The van der Waals surface area contributed by atoms with Crippen molar-refractivity contribution < 1.29 is 14.3 Å². The molecule has 6 heterocycles. The number of amidine groups is 1. The van der Waals surface area contributed by atoms with Crippen molar-refractivity contribution >= 4 is 23.4 Å². The van der Waals surface area contributed by atoms with Crippen molar-refractivity contribution in [2.24, 2.45) is 10.4 Å². The molecule has 1 amide bonds. The van der Waals surface area contributed by atoms with Gasteiger partial charge in [-0.25, -0.2) is 14.8 Å². The molecule has 202 valence electrons. The summed E-state index contributed by atoms with van der Waals surface area (Å²) < 4.78 is 11.6. The van der Waals surface area contributed by atoms with E-state index in [1.54, 1.807) is 0 Å². The average molecular weight is 520 g/mol. The number of ether oxygens (including phenoxy) is 2. The Balaban J connectivity index is 1.14. The summed E-state index contributed by atoms with van der Waals surface area (Å²) >= 11 is 0. The Morgan fingerprint density at radius 2 is 2.00 bits per heavy atom. The first-order chi connectivity index (χ1) is 18.2. The van der Waals surface area contributed by atoms with Crippen molar-refractivity contribution in [3.63, 3.8) is 0 Å². The first-order valence-corrected chi connectivity index (χ1v) is 13.7. The number of rotatable bonds is 2. The van der Waals surface area contributed by atoms with Crippen LogP contribution in [0.2, 0.25) is 0 Å². The van der Waals surface area contributed by atoms with Gasteiger partial charge >= 0.3 is 6.09 Å². The van der Waals surface area contributed by atoms with Crippen molar-refractivity contribution in [2.75, 3.05) is 36.0 Å². The first kappa shape index (κ1) is 25.0. The van der Waals surface area contributed by atoms with Crippen LogP contribution < -0.4 is 15.1 Å². The zero-order chi connectivity index (χ0) is 26.5. The van der Waals surface area contributed by atoms with E-state index in [1.165, 1.54) is 0 Å². The highest BCUT2D eigenvalue weighted by molar-refractivity contribution is 6.11. The highest BCUT2D eigenvalue weighted by Gasteiger charge is 2.50. The van der Waals surface area contributed by atoms with Gasteiger partial charge in [0.25, 0.3) is 0 Å². The standard InChI is InChI=1S/C28H37N7O3/c1-18-24(33-26(36)38-27(2,3)4)28(17-37-18)9-13-34(14-10-28)22-16-30-23-20(32-22)15-31-25(23)35-12-6-7-19-21(35)8-5-11-29-19/h5,8,11,16,18,24H,6-7,9-10,12-15,17H2,1-4H3,(H,33,36)/t18-,24+/m0/s1. The number of amides is 1. The predicted octanol–water partition coefficient (Wildman–Crippen LogP) is 3.48. The number of pyridine rings is 1. The van der Waals surface area contributed by atoms with Gasteiger partial charge in [0.15, 0.2) is 5.84 Å². The van der Waals surface area contributed by atoms with Crippen LogP contribution in [0.15, 0.2) is 29.5 Å². The SMILES string of the molecule is C[C@@H]1OCC2(CCN(c3cnc4c(n3)CN=C4N3CCCc4ncccc43)CC2)[C@@H]1NC(=O)OC(C)(C)C. The van der Waals surface area contributed by atoms with Gasteiger partial charge in [-0.1, -0.05) is 0 Å². The molecule has 10 nitrogen and oxygen atoms in total. The van der Waals surface area contributed by atoms with Crippen molar-refractivity contribution in [3.05, 3.63) is 41.6 Å². The number of hydrogen-bond acceptors (Lipinski definition) is 9. The van der Waals surface area contributed by atoms with Crippen LogP contribution in [0.5, 0.6) is 0 Å². The molecule has 4 aliphatic rings. The topological polar surface area (TPSA) is 105 Å². The number of alkyl carbamates (subject to hydrolysis) is 1. The Morgan fingerprint density at radius 1 is 1.18 bits per heavy atom. The van der Waals surface area contributed by atoms with Crippen LogP contribution in [0, 0.1) is 5.41 Å². The van der Waals surface area contributed by atoms with Gasteiger partial charge in [0.2, 0.25) is 0 Å². The van der Waals surface area contributed by atoms with Crippen LogP contribution >= 0.6 is 0 Å². The van der Waals surface area contributed by atoms with Gasteiger partial charge in [0, 0.05) is 31.2 Å². The number of carbonyl (C=O) groups is 1. The van der Waals surface area contributed by atoms with E-state index in [2.05, 4.69) is 26.2 Å². The van der Waals surface area contributed by atoms with Crippen LogP contribution in [-0.2, 0) is 22.4 Å². The third-order valence-corrected chi connectivity index (χ3v) is 8.15. The van der Waals surface area contributed by atoms with E-state index in [4.69, 9.17) is 24.4 Å². The van der Waals surface area contributed by atoms with E-state index < -0.39 is 5.60 Å². The summed E-state index contributed by atoms with van der Waals surface area (Å²) in [5.41, 5.74) is 3.40. The minimum absolute atomic E-state index is 0.0560. The molecule has 1 spiro atoms. The lowest BCUT2D eigenvalue weighted by Gasteiger charge is -2.43. The number of aryl methyl sites for hydroxylation is 1. The fourth-order valence-corrected chi connectivity index (χ4v) is 6.24. The number of aromatic nitrogens is 3. The first-order valence-electron chi connectivity index (χ1n) is 13.7. The highest BCUT2D eigenvalue weighted by atomic mass is 16.6. The van der Waals surface area contributed by atoms with Gasteiger partial charge in [-0.3, -0.25) is 9.98 Å². The lowest BCUT2D eigenvalue weighted by molar-refractivity contribution is 0.0434. The van der Waals surface area contributed by atoms with E-state index in [1.807, 2.05) is 46.2 Å². The van der Waals surface area contributed by atoms with E-state index in [9.17, 15) is 4.79 Å². The van der Waals surface area contributed by atoms with E-state index >= 15 is 0 Å². The Kier molecular flexibility index (Phi) is 6.25. The summed E-state index contributed by atoms with van der Waals surface area (Å²) in [5.74, 6) is 1.79. The number of nitrogens with zero attached hydrogens (tertiary/aromatic N) is 6. The normalized spacial score (nSPS) is 24.2. The molecule has 4 aliphatic heterocycles. The molecule has 0 bridgehead atoms. The molecule has 1 N–H and O–H groups in total. The Hall–Kier alpha value is -3.27. The van der Waals surface area contributed by atoms with E-state index in [-0.39, 0.29) is 23.7 Å². The maximum Gasteiger partial charge on any atom is 0.407 e. The van der Waals surface area contributed by atoms with Crippen LogP contribution in [0.25, 0.3) is 0 Å². The van der Waals surface area contributed by atoms with Gasteiger partial charge in [0.1, 0.15) is 17.1 Å². The Morgan fingerprint density at radius 3 is 2.79 bits per heavy atom. The van der Waals surface area contributed by atoms with Crippen molar-refractivity contribution in [3.8, 4) is 0 Å². The lowest BCUT2D eigenvalue weighted by Crippen LogP contribution is -2.55. The summed E-state index contributed by atoms with van der Waals surface area (Å²) in [6, 6.07) is 4.02. The summed E-state index contributed by atoms with van der Waals surface area (Å²) in [6.45, 7) is 11.4. The second-order valence-electron chi connectivity index (χ2n) is 11.9. The second-order valence-corrected chi connectivity index (χ2v) is 11.9. The average Bonchev–Trinajstić information content (AvgIpc) is 3.44. The molecule has 0 unspecified atom stereocenters. The fraction of sp³-hybridized carbons (Fsp3) is 0.607. The third-order valence-electron chi connectivity index (χ3n) is 8.15. The maximum atomic E-state index is 12.6. The van der Waals surface area contributed by atoms with Gasteiger partial charge < -0.3 is 24.6 Å². The van der Waals surface area contributed by atoms with Gasteiger partial charge in [-0.2, -0.15) is 0 Å². The third kappa shape index (κ3) is 4.59. The van der Waals surface area contributed by atoms with Crippen LogP contribution in [0.3, 0.4) is 0 Å². The molecule has 6 rings (SSSR count). The predicted molar refractivity (Wildman–Crippen MR) is 145 cm³/mol. The minimum atomic E-state index is -0.534. The van der Waals surface area contributed by atoms with E-state index in [0.717, 1.165) is 79.7 Å². The lowest BCUT2D eigenvalue weighted by atomic mass is 9.73. The zero-order valence-corrected chi connectivity index (χ0v) is 22.7. The molecule has 2 aromatic heterocycles. The number of nitrogens with one attached hydrogen (secondary N) is 1. The molecular weight excluding hydrogens is 482 g/mol. The molecule has 2 aromatic rings. The van der Waals surface area contributed by atoms with Crippen LogP contribution in [0.1, 0.15) is 64.0 Å². The molecule has 2 fully saturated rings. The highest BCUT2D eigenvalue weighted by Crippen LogP contribution is 2.43. The number of fused-ring (bicyclic) bond motifs is 2. The molecule has 10 heteroatoms. The molecule has 0 saturated carbocycles. The summed E-state index contributed by atoms with van der Waals surface area (Å²) in [5, 5.41) is 3.12. The van der Waals surface area contributed by atoms with Gasteiger partial charge in [0.05, 0.1) is 48.6 Å². The number of carbonyl (C=O) groups excluding carboxylic acids is 1. The molecule has 0 aromatic carbocycles. The molecule has 0 radical (unpaired) electrons. The van der Waals surface area contributed by atoms with E-state index in [0.29, 0.717) is 13.2 Å². The fourth-order valence-electron chi connectivity index (χ4n) is 6.24.